The Hall–Kier alpha value is -1.06. The second-order valence-corrected chi connectivity index (χ2v) is 4.76. The van der Waals surface area contributed by atoms with Gasteiger partial charge in [0.05, 0.1) is 6.61 Å². The number of rotatable bonds is 9. The molecule has 102 valence electrons. The molecule has 0 aliphatic heterocycles. The second kappa shape index (κ2) is 8.95. The van der Waals surface area contributed by atoms with Crippen molar-refractivity contribution in [3.63, 3.8) is 0 Å². The topological polar surface area (TPSA) is 24.5 Å². The summed E-state index contributed by atoms with van der Waals surface area (Å²) in [4.78, 5) is 2.23. The van der Waals surface area contributed by atoms with Crippen molar-refractivity contribution in [2.75, 3.05) is 33.8 Å². The Balaban J connectivity index is 2.11. The summed E-state index contributed by atoms with van der Waals surface area (Å²) >= 11 is 0. The van der Waals surface area contributed by atoms with Gasteiger partial charge in [0.1, 0.15) is 5.75 Å². The summed E-state index contributed by atoms with van der Waals surface area (Å²) < 4.78 is 5.42. The molecule has 0 atom stereocenters. The monoisotopic (exact) mass is 250 g/mol. The van der Waals surface area contributed by atoms with Gasteiger partial charge < -0.3 is 15.0 Å². The first kappa shape index (κ1) is 15.0. The molecule has 0 aliphatic rings. The number of nitrogens with one attached hydrogen (secondary N) is 1. The van der Waals surface area contributed by atoms with E-state index in [-0.39, 0.29) is 0 Å². The second-order valence-electron chi connectivity index (χ2n) is 4.76. The fourth-order valence-corrected chi connectivity index (χ4v) is 1.78. The largest absolute Gasteiger partial charge is 0.494 e. The van der Waals surface area contributed by atoms with Gasteiger partial charge >= 0.3 is 0 Å². The van der Waals surface area contributed by atoms with Crippen LogP contribution in [0, 0.1) is 0 Å². The van der Waals surface area contributed by atoms with Crippen LogP contribution in [0.4, 0.5) is 0 Å². The summed E-state index contributed by atoms with van der Waals surface area (Å²) in [7, 11) is 4.24. The summed E-state index contributed by atoms with van der Waals surface area (Å²) in [6, 6.07) is 8.31. The maximum Gasteiger partial charge on any atom is 0.119 e. The molecule has 1 N–H and O–H groups in total. The Morgan fingerprint density at radius 2 is 1.83 bits per heavy atom. The van der Waals surface area contributed by atoms with Crippen LogP contribution >= 0.6 is 0 Å². The summed E-state index contributed by atoms with van der Waals surface area (Å²) in [5.74, 6) is 0.951. The molecule has 1 aromatic carbocycles. The van der Waals surface area contributed by atoms with Gasteiger partial charge in [-0.2, -0.15) is 0 Å². The molecular weight excluding hydrogens is 224 g/mol. The third kappa shape index (κ3) is 6.62. The number of hydrogen-bond donors (Lipinski definition) is 1. The lowest BCUT2D eigenvalue weighted by Crippen LogP contribution is -2.18. The van der Waals surface area contributed by atoms with Gasteiger partial charge in [-0.05, 0) is 64.6 Å². The highest BCUT2D eigenvalue weighted by Gasteiger charge is 1.95. The molecule has 0 bridgehead atoms. The van der Waals surface area contributed by atoms with E-state index < -0.39 is 0 Å². The summed E-state index contributed by atoms with van der Waals surface area (Å²) in [5.41, 5.74) is 1.31. The van der Waals surface area contributed by atoms with Crippen molar-refractivity contribution >= 4 is 0 Å². The van der Waals surface area contributed by atoms with Crippen LogP contribution in [0.15, 0.2) is 24.3 Å². The molecule has 0 aromatic heterocycles. The van der Waals surface area contributed by atoms with E-state index in [1.807, 2.05) is 19.1 Å². The van der Waals surface area contributed by atoms with Gasteiger partial charge in [0.2, 0.25) is 0 Å². The molecule has 0 saturated carbocycles. The Bertz CT molecular complexity index is 309. The zero-order valence-corrected chi connectivity index (χ0v) is 11.9. The zero-order chi connectivity index (χ0) is 13.2. The van der Waals surface area contributed by atoms with E-state index in [4.69, 9.17) is 4.74 Å². The molecule has 18 heavy (non-hydrogen) atoms. The lowest BCUT2D eigenvalue weighted by Gasteiger charge is -2.09. The van der Waals surface area contributed by atoms with E-state index >= 15 is 0 Å². The molecule has 0 fully saturated rings. The standard InChI is InChI=1S/C15H26N2O/c1-4-18-15-9-7-14(8-10-15)13-16-11-5-6-12-17(2)3/h7-10,16H,4-6,11-13H2,1-3H3. The van der Waals surface area contributed by atoms with Crippen LogP contribution in [-0.2, 0) is 6.54 Å². The van der Waals surface area contributed by atoms with Gasteiger partial charge in [0, 0.05) is 6.54 Å². The van der Waals surface area contributed by atoms with Crippen molar-refractivity contribution in [2.24, 2.45) is 0 Å². The fraction of sp³-hybridized carbons (Fsp3) is 0.600. The summed E-state index contributed by atoms with van der Waals surface area (Å²) in [6.45, 7) is 5.92. The summed E-state index contributed by atoms with van der Waals surface area (Å²) in [5, 5.41) is 3.47. The van der Waals surface area contributed by atoms with E-state index in [1.54, 1.807) is 0 Å². The molecule has 3 heteroatoms. The average molecular weight is 250 g/mol. The number of hydrogen-bond acceptors (Lipinski definition) is 3. The molecule has 3 nitrogen and oxygen atoms in total. The van der Waals surface area contributed by atoms with Crippen molar-refractivity contribution in [2.45, 2.75) is 26.3 Å². The predicted molar refractivity (Wildman–Crippen MR) is 77.1 cm³/mol. The van der Waals surface area contributed by atoms with Gasteiger partial charge in [-0.1, -0.05) is 12.1 Å². The van der Waals surface area contributed by atoms with Crippen LogP contribution in [0.2, 0.25) is 0 Å². The third-order valence-corrected chi connectivity index (χ3v) is 2.77. The van der Waals surface area contributed by atoms with Crippen LogP contribution in [0.25, 0.3) is 0 Å². The number of ether oxygens (including phenoxy) is 1. The first-order valence-electron chi connectivity index (χ1n) is 6.79. The van der Waals surface area contributed by atoms with E-state index in [0.29, 0.717) is 0 Å². The molecule has 1 aromatic rings. The van der Waals surface area contributed by atoms with E-state index in [9.17, 15) is 0 Å². The predicted octanol–water partition coefficient (Wildman–Crippen LogP) is 2.52. The highest BCUT2D eigenvalue weighted by Crippen LogP contribution is 2.11. The van der Waals surface area contributed by atoms with Crippen molar-refractivity contribution in [3.8, 4) is 5.75 Å². The van der Waals surface area contributed by atoms with Crippen molar-refractivity contribution in [3.05, 3.63) is 29.8 Å². The van der Waals surface area contributed by atoms with Crippen LogP contribution < -0.4 is 10.1 Å². The van der Waals surface area contributed by atoms with Gasteiger partial charge in [-0.25, -0.2) is 0 Å². The lowest BCUT2D eigenvalue weighted by molar-refractivity contribution is 0.340. The highest BCUT2D eigenvalue weighted by molar-refractivity contribution is 5.27. The third-order valence-electron chi connectivity index (χ3n) is 2.77. The van der Waals surface area contributed by atoms with E-state index in [0.717, 1.165) is 25.4 Å². The normalized spacial score (nSPS) is 10.9. The Morgan fingerprint density at radius 1 is 1.11 bits per heavy atom. The number of benzene rings is 1. The van der Waals surface area contributed by atoms with Gasteiger partial charge in [-0.3, -0.25) is 0 Å². The SMILES string of the molecule is CCOc1ccc(CNCCCCN(C)C)cc1. The summed E-state index contributed by atoms with van der Waals surface area (Å²) in [6.07, 6.45) is 2.48. The lowest BCUT2D eigenvalue weighted by atomic mass is 10.2. The van der Waals surface area contributed by atoms with Gasteiger partial charge in [0.15, 0.2) is 0 Å². The molecule has 0 aliphatic carbocycles. The maximum atomic E-state index is 5.42. The molecule has 1 rings (SSSR count). The zero-order valence-electron chi connectivity index (χ0n) is 11.9. The Morgan fingerprint density at radius 3 is 2.44 bits per heavy atom. The Labute approximate surface area is 111 Å². The minimum Gasteiger partial charge on any atom is -0.494 e. The molecule has 0 spiro atoms. The van der Waals surface area contributed by atoms with Crippen LogP contribution in [0.5, 0.6) is 5.75 Å². The van der Waals surface area contributed by atoms with Crippen LogP contribution in [-0.4, -0.2) is 38.7 Å². The Kier molecular flexibility index (Phi) is 7.46. The quantitative estimate of drug-likeness (QED) is 0.682. The molecule has 0 amide bonds. The van der Waals surface area contributed by atoms with Crippen molar-refractivity contribution in [1.82, 2.24) is 10.2 Å². The first-order chi connectivity index (χ1) is 8.72. The molecular formula is C15H26N2O. The molecule has 0 heterocycles. The van der Waals surface area contributed by atoms with Crippen molar-refractivity contribution in [1.29, 1.82) is 0 Å². The fourth-order valence-electron chi connectivity index (χ4n) is 1.78. The van der Waals surface area contributed by atoms with E-state index in [2.05, 4.69) is 36.4 Å². The molecule has 0 radical (unpaired) electrons. The number of unbranched alkanes of at least 4 members (excludes halogenated alkanes) is 1. The first-order valence-corrected chi connectivity index (χ1v) is 6.79. The van der Waals surface area contributed by atoms with Crippen LogP contribution in [0.3, 0.4) is 0 Å². The molecule has 0 saturated heterocycles. The minimum atomic E-state index is 0.726. The van der Waals surface area contributed by atoms with E-state index in [1.165, 1.54) is 24.9 Å². The minimum absolute atomic E-state index is 0.726. The van der Waals surface area contributed by atoms with Gasteiger partial charge in [0.25, 0.3) is 0 Å². The van der Waals surface area contributed by atoms with Gasteiger partial charge in [-0.15, -0.1) is 0 Å². The number of nitrogens with zero attached hydrogens (tertiary/aromatic N) is 1. The average Bonchev–Trinajstić information content (AvgIpc) is 2.35. The van der Waals surface area contributed by atoms with Crippen molar-refractivity contribution < 1.29 is 4.74 Å². The maximum absolute atomic E-state index is 5.42. The van der Waals surface area contributed by atoms with Crippen LogP contribution in [0.1, 0.15) is 25.3 Å². The molecule has 0 unspecified atom stereocenters. The smallest absolute Gasteiger partial charge is 0.119 e. The highest BCUT2D eigenvalue weighted by atomic mass is 16.5.